The van der Waals surface area contributed by atoms with Crippen molar-refractivity contribution in [1.29, 1.82) is 0 Å². The van der Waals surface area contributed by atoms with Crippen molar-refractivity contribution in [3.05, 3.63) is 53.6 Å². The smallest absolute Gasteiger partial charge is 0.225 e. The van der Waals surface area contributed by atoms with E-state index in [1.807, 2.05) is 42.5 Å². The summed E-state index contributed by atoms with van der Waals surface area (Å²) in [7, 11) is 1.60. The highest BCUT2D eigenvalue weighted by Gasteiger charge is 2.05. The number of rotatable bonds is 6. The van der Waals surface area contributed by atoms with Gasteiger partial charge >= 0.3 is 0 Å². The Balaban J connectivity index is 1.81. The van der Waals surface area contributed by atoms with Gasteiger partial charge in [0.05, 0.1) is 12.1 Å². The lowest BCUT2D eigenvalue weighted by molar-refractivity contribution is -0.115. The highest BCUT2D eigenvalue weighted by Crippen LogP contribution is 2.27. The number of hydrogen-bond acceptors (Lipinski definition) is 3. The summed E-state index contributed by atoms with van der Waals surface area (Å²) in [4.78, 5) is 12.9. The Morgan fingerprint density at radius 1 is 1.24 bits per heavy atom. The molecule has 3 nitrogen and oxygen atoms in total. The average Bonchev–Trinajstić information content (AvgIpc) is 2.49. The van der Waals surface area contributed by atoms with Gasteiger partial charge in [-0.15, -0.1) is 11.8 Å². The monoisotopic (exact) mass is 321 g/mol. The summed E-state index contributed by atoms with van der Waals surface area (Å²) in [5.74, 6) is 1.38. The lowest BCUT2D eigenvalue weighted by Crippen LogP contribution is -2.12. The Morgan fingerprint density at radius 2 is 2.05 bits per heavy atom. The van der Waals surface area contributed by atoms with Crippen molar-refractivity contribution in [2.24, 2.45) is 0 Å². The van der Waals surface area contributed by atoms with E-state index in [0.29, 0.717) is 12.2 Å². The first-order valence-corrected chi connectivity index (χ1v) is 7.86. The summed E-state index contributed by atoms with van der Waals surface area (Å²) in [6.07, 6.45) is 0.424. The standard InChI is InChI=1S/C16H16ClNO2S/c1-20-13-6-4-5-12(11-13)18-16(19)9-10-21-15-8-3-2-7-14(15)17/h2-8,11H,9-10H2,1H3,(H,18,19). The van der Waals surface area contributed by atoms with Crippen LogP contribution in [0.3, 0.4) is 0 Å². The van der Waals surface area contributed by atoms with Crippen LogP contribution in [0.1, 0.15) is 6.42 Å². The number of carbonyl (C=O) groups excluding carboxylic acids is 1. The molecule has 2 aromatic carbocycles. The SMILES string of the molecule is COc1cccc(NC(=O)CCSc2ccccc2Cl)c1. The molecule has 0 aliphatic rings. The molecule has 0 saturated heterocycles. The van der Waals surface area contributed by atoms with E-state index in [1.54, 1.807) is 24.9 Å². The average molecular weight is 322 g/mol. The summed E-state index contributed by atoms with van der Waals surface area (Å²) >= 11 is 7.64. The molecule has 0 atom stereocenters. The van der Waals surface area contributed by atoms with Gasteiger partial charge in [-0.25, -0.2) is 0 Å². The zero-order valence-corrected chi connectivity index (χ0v) is 13.2. The summed E-state index contributed by atoms with van der Waals surface area (Å²) in [5, 5.41) is 3.57. The molecule has 0 unspecified atom stereocenters. The Morgan fingerprint density at radius 3 is 2.81 bits per heavy atom. The number of thioether (sulfide) groups is 1. The van der Waals surface area contributed by atoms with Gasteiger partial charge in [0.1, 0.15) is 5.75 Å². The topological polar surface area (TPSA) is 38.3 Å². The largest absolute Gasteiger partial charge is 0.497 e. The Labute approximate surface area is 133 Å². The Hall–Kier alpha value is -1.65. The lowest BCUT2D eigenvalue weighted by Gasteiger charge is -2.07. The van der Waals surface area contributed by atoms with Gasteiger partial charge < -0.3 is 10.1 Å². The zero-order chi connectivity index (χ0) is 15.1. The van der Waals surface area contributed by atoms with Crippen LogP contribution in [0.5, 0.6) is 5.75 Å². The predicted octanol–water partition coefficient (Wildman–Crippen LogP) is 4.47. The molecule has 0 aliphatic carbocycles. The minimum absolute atomic E-state index is 0.0252. The van der Waals surface area contributed by atoms with E-state index in [0.717, 1.165) is 21.4 Å². The highest BCUT2D eigenvalue weighted by molar-refractivity contribution is 7.99. The second kappa shape index (κ2) is 7.96. The molecule has 0 radical (unpaired) electrons. The molecule has 0 spiro atoms. The van der Waals surface area contributed by atoms with E-state index in [9.17, 15) is 4.79 Å². The second-order valence-corrected chi connectivity index (χ2v) is 5.85. The molecule has 1 N–H and O–H groups in total. The fraction of sp³-hybridized carbons (Fsp3) is 0.188. The molecular weight excluding hydrogens is 306 g/mol. The molecule has 0 saturated carbocycles. The molecule has 21 heavy (non-hydrogen) atoms. The highest BCUT2D eigenvalue weighted by atomic mass is 35.5. The number of ether oxygens (including phenoxy) is 1. The summed E-state index contributed by atoms with van der Waals surface area (Å²) in [6, 6.07) is 14.9. The number of nitrogens with one attached hydrogen (secondary N) is 1. The molecule has 5 heteroatoms. The van der Waals surface area contributed by atoms with E-state index in [2.05, 4.69) is 5.32 Å². The van der Waals surface area contributed by atoms with E-state index >= 15 is 0 Å². The lowest BCUT2D eigenvalue weighted by atomic mass is 10.3. The maximum Gasteiger partial charge on any atom is 0.225 e. The quantitative estimate of drug-likeness (QED) is 0.798. The van der Waals surface area contributed by atoms with Crippen LogP contribution in [0.2, 0.25) is 5.02 Å². The van der Waals surface area contributed by atoms with Crippen molar-refractivity contribution < 1.29 is 9.53 Å². The van der Waals surface area contributed by atoms with Crippen LogP contribution in [-0.2, 0) is 4.79 Å². The maximum absolute atomic E-state index is 11.9. The third-order valence-electron chi connectivity index (χ3n) is 2.78. The molecule has 0 heterocycles. The fourth-order valence-corrected chi connectivity index (χ4v) is 2.93. The number of hydrogen-bond donors (Lipinski definition) is 1. The van der Waals surface area contributed by atoms with Crippen LogP contribution in [0.4, 0.5) is 5.69 Å². The second-order valence-electron chi connectivity index (χ2n) is 4.31. The molecule has 2 aromatic rings. The number of amides is 1. The molecule has 0 fully saturated rings. The molecule has 0 bridgehead atoms. The van der Waals surface area contributed by atoms with Crippen LogP contribution >= 0.6 is 23.4 Å². The Kier molecular flexibility index (Phi) is 5.96. The summed E-state index contributed by atoms with van der Waals surface area (Å²) < 4.78 is 5.12. The first kappa shape index (κ1) is 15.7. The number of benzene rings is 2. The fourth-order valence-electron chi connectivity index (χ4n) is 1.74. The van der Waals surface area contributed by atoms with Crippen LogP contribution in [0.25, 0.3) is 0 Å². The summed E-state index contributed by atoms with van der Waals surface area (Å²) in [6.45, 7) is 0. The van der Waals surface area contributed by atoms with Crippen molar-refractivity contribution in [2.75, 3.05) is 18.2 Å². The molecule has 0 aromatic heterocycles. The third-order valence-corrected chi connectivity index (χ3v) is 4.29. The zero-order valence-electron chi connectivity index (χ0n) is 11.6. The van der Waals surface area contributed by atoms with Gasteiger partial charge in [-0.3, -0.25) is 4.79 Å². The first-order chi connectivity index (χ1) is 10.2. The van der Waals surface area contributed by atoms with Crippen LogP contribution < -0.4 is 10.1 Å². The van der Waals surface area contributed by atoms with Crippen LogP contribution in [0.15, 0.2) is 53.4 Å². The first-order valence-electron chi connectivity index (χ1n) is 6.50. The van der Waals surface area contributed by atoms with Crippen molar-refractivity contribution >= 4 is 35.0 Å². The van der Waals surface area contributed by atoms with E-state index in [-0.39, 0.29) is 5.91 Å². The normalized spacial score (nSPS) is 10.2. The number of halogens is 1. The number of anilines is 1. The van der Waals surface area contributed by atoms with E-state index in [4.69, 9.17) is 16.3 Å². The minimum Gasteiger partial charge on any atom is -0.497 e. The molecule has 0 aliphatic heterocycles. The van der Waals surface area contributed by atoms with Crippen molar-refractivity contribution in [3.63, 3.8) is 0 Å². The molecule has 2 rings (SSSR count). The molecule has 110 valence electrons. The van der Waals surface area contributed by atoms with Gasteiger partial charge in [0.15, 0.2) is 0 Å². The third kappa shape index (κ3) is 4.99. The molecular formula is C16H16ClNO2S. The predicted molar refractivity (Wildman–Crippen MR) is 88.4 cm³/mol. The maximum atomic E-state index is 11.9. The van der Waals surface area contributed by atoms with Gasteiger partial charge in [0.25, 0.3) is 0 Å². The van der Waals surface area contributed by atoms with Crippen molar-refractivity contribution in [1.82, 2.24) is 0 Å². The number of methoxy groups -OCH3 is 1. The van der Waals surface area contributed by atoms with E-state index < -0.39 is 0 Å². The van der Waals surface area contributed by atoms with Gasteiger partial charge in [-0.05, 0) is 24.3 Å². The van der Waals surface area contributed by atoms with Gasteiger partial charge in [0.2, 0.25) is 5.91 Å². The van der Waals surface area contributed by atoms with Crippen LogP contribution in [0, 0.1) is 0 Å². The number of carbonyl (C=O) groups is 1. The Bertz CT molecular complexity index is 619. The van der Waals surface area contributed by atoms with E-state index in [1.165, 1.54) is 0 Å². The van der Waals surface area contributed by atoms with Gasteiger partial charge in [0, 0.05) is 28.8 Å². The van der Waals surface area contributed by atoms with Crippen molar-refractivity contribution in [2.45, 2.75) is 11.3 Å². The summed E-state index contributed by atoms with van der Waals surface area (Å²) in [5.41, 5.74) is 0.738. The van der Waals surface area contributed by atoms with Gasteiger partial charge in [-0.2, -0.15) is 0 Å². The minimum atomic E-state index is -0.0252. The van der Waals surface area contributed by atoms with Crippen molar-refractivity contribution in [3.8, 4) is 5.75 Å². The van der Waals surface area contributed by atoms with Gasteiger partial charge in [-0.1, -0.05) is 29.8 Å². The molecule has 1 amide bonds. The van der Waals surface area contributed by atoms with Crippen LogP contribution in [-0.4, -0.2) is 18.8 Å².